The van der Waals surface area contributed by atoms with Gasteiger partial charge in [-0.15, -0.1) is 0 Å². The first-order valence-electron chi connectivity index (χ1n) is 9.03. The van der Waals surface area contributed by atoms with Crippen LogP contribution in [0.25, 0.3) is 11.1 Å². The molecule has 7 heteroatoms. The number of carboxylic acid groups (broad SMARTS) is 1. The van der Waals surface area contributed by atoms with Gasteiger partial charge >= 0.3 is 5.97 Å². The molecule has 0 atom stereocenters. The molecule has 3 aromatic carbocycles. The summed E-state index contributed by atoms with van der Waals surface area (Å²) >= 11 is 0. The van der Waals surface area contributed by atoms with Crippen LogP contribution in [-0.2, 0) is 16.3 Å². The molecular weight excluding hydrogens is 407 g/mol. The molecule has 30 heavy (non-hydrogen) atoms. The van der Waals surface area contributed by atoms with E-state index >= 15 is 0 Å². The van der Waals surface area contributed by atoms with Crippen molar-refractivity contribution in [1.82, 2.24) is 0 Å². The van der Waals surface area contributed by atoms with Gasteiger partial charge in [0.25, 0.3) is 0 Å². The van der Waals surface area contributed by atoms with E-state index in [9.17, 15) is 27.5 Å². The number of aryl methyl sites for hydroxylation is 1. The molecule has 154 valence electrons. The molecule has 0 aromatic heterocycles. The van der Waals surface area contributed by atoms with Crippen LogP contribution in [0.1, 0.15) is 31.8 Å². The maximum Gasteiger partial charge on any atom is 0.336 e. The van der Waals surface area contributed by atoms with E-state index in [-0.39, 0.29) is 33.6 Å². The summed E-state index contributed by atoms with van der Waals surface area (Å²) in [5, 5.41) is 9.76. The first kappa shape index (κ1) is 21.4. The Labute approximate surface area is 173 Å². The average Bonchev–Trinajstić information content (AvgIpc) is 2.69. The Morgan fingerprint density at radius 1 is 1.00 bits per heavy atom. The van der Waals surface area contributed by atoms with Gasteiger partial charge < -0.3 is 5.11 Å². The number of carboxylic acids is 1. The number of benzene rings is 3. The lowest BCUT2D eigenvalue weighted by molar-refractivity contribution is 0.0696. The zero-order valence-electron chi connectivity index (χ0n) is 16.3. The zero-order chi connectivity index (χ0) is 22.1. The lowest BCUT2D eigenvalue weighted by Crippen LogP contribution is -2.12. The zero-order valence-corrected chi connectivity index (χ0v) is 17.2. The number of sulfone groups is 1. The van der Waals surface area contributed by atoms with Gasteiger partial charge in [0.2, 0.25) is 0 Å². The first-order chi connectivity index (χ1) is 14.1. The van der Waals surface area contributed by atoms with Crippen LogP contribution >= 0.6 is 0 Å². The lowest BCUT2D eigenvalue weighted by Gasteiger charge is -2.13. The fourth-order valence-electron chi connectivity index (χ4n) is 3.19. The fourth-order valence-corrected chi connectivity index (χ4v) is 3.86. The minimum absolute atomic E-state index is 0.00809. The molecule has 0 unspecified atom stereocenters. The summed E-state index contributed by atoms with van der Waals surface area (Å²) in [6.07, 6.45) is 0.723. The second kappa shape index (κ2) is 8.20. The Morgan fingerprint density at radius 2 is 1.67 bits per heavy atom. The Kier molecular flexibility index (Phi) is 5.85. The van der Waals surface area contributed by atoms with Crippen molar-refractivity contribution in [2.24, 2.45) is 0 Å². The minimum Gasteiger partial charge on any atom is -0.478 e. The van der Waals surface area contributed by atoms with Crippen LogP contribution in [0.3, 0.4) is 0 Å². The van der Waals surface area contributed by atoms with Crippen LogP contribution in [0.5, 0.6) is 0 Å². The number of rotatable bonds is 6. The number of carbonyl (C=O) groups is 2. The molecule has 0 aliphatic carbocycles. The van der Waals surface area contributed by atoms with Crippen LogP contribution in [0, 0.1) is 12.7 Å². The van der Waals surface area contributed by atoms with Crippen molar-refractivity contribution >= 4 is 21.6 Å². The van der Waals surface area contributed by atoms with Crippen LogP contribution in [0.2, 0.25) is 0 Å². The van der Waals surface area contributed by atoms with Crippen molar-refractivity contribution < 1.29 is 27.5 Å². The molecule has 0 spiro atoms. The third-order valence-corrected chi connectivity index (χ3v) is 5.84. The van der Waals surface area contributed by atoms with Crippen molar-refractivity contribution in [2.45, 2.75) is 18.2 Å². The first-order valence-corrected chi connectivity index (χ1v) is 10.9. The number of carbonyl (C=O) groups excluding carboxylic acids is 1. The molecule has 0 saturated heterocycles. The third kappa shape index (κ3) is 4.46. The highest BCUT2D eigenvalue weighted by atomic mass is 32.2. The molecule has 0 fully saturated rings. The number of Topliss-reactive ketones (excluding diaryl/α,β-unsaturated/α-hetero) is 1. The Hall–Kier alpha value is -3.32. The number of halogens is 1. The molecule has 3 rings (SSSR count). The number of aromatic carboxylic acids is 1. The average molecular weight is 426 g/mol. The van der Waals surface area contributed by atoms with Gasteiger partial charge in [0.05, 0.1) is 10.5 Å². The number of ketones is 1. The van der Waals surface area contributed by atoms with E-state index in [1.165, 1.54) is 30.3 Å². The van der Waals surface area contributed by atoms with E-state index in [0.717, 1.165) is 17.9 Å². The smallest absolute Gasteiger partial charge is 0.336 e. The number of hydrogen-bond acceptors (Lipinski definition) is 4. The van der Waals surface area contributed by atoms with Gasteiger partial charge in [-0.3, -0.25) is 4.79 Å². The summed E-state index contributed by atoms with van der Waals surface area (Å²) in [6, 6.07) is 14.7. The highest BCUT2D eigenvalue weighted by molar-refractivity contribution is 7.90. The maximum atomic E-state index is 14.6. The lowest BCUT2D eigenvalue weighted by atomic mass is 9.91. The molecule has 0 heterocycles. The van der Waals surface area contributed by atoms with Crippen LogP contribution in [-0.4, -0.2) is 31.5 Å². The Morgan fingerprint density at radius 3 is 2.27 bits per heavy atom. The monoisotopic (exact) mass is 426 g/mol. The topological polar surface area (TPSA) is 88.5 Å². The molecule has 3 aromatic rings. The minimum atomic E-state index is -3.50. The van der Waals surface area contributed by atoms with E-state index < -0.39 is 27.4 Å². The molecule has 0 saturated carbocycles. The third-order valence-electron chi connectivity index (χ3n) is 4.73. The summed E-state index contributed by atoms with van der Waals surface area (Å²) < 4.78 is 38.1. The van der Waals surface area contributed by atoms with Crippen molar-refractivity contribution in [3.8, 4) is 11.1 Å². The van der Waals surface area contributed by atoms with Gasteiger partial charge in [-0.1, -0.05) is 48.0 Å². The quantitative estimate of drug-likeness (QED) is 0.593. The van der Waals surface area contributed by atoms with Gasteiger partial charge in [-0.05, 0) is 36.2 Å². The van der Waals surface area contributed by atoms with Gasteiger partial charge in [-0.25, -0.2) is 17.6 Å². The highest BCUT2D eigenvalue weighted by Crippen LogP contribution is 2.31. The van der Waals surface area contributed by atoms with Crippen molar-refractivity contribution in [1.29, 1.82) is 0 Å². The van der Waals surface area contributed by atoms with Crippen molar-refractivity contribution in [3.63, 3.8) is 0 Å². The second-order valence-electron chi connectivity index (χ2n) is 7.03. The van der Waals surface area contributed by atoms with Crippen molar-refractivity contribution in [3.05, 3.63) is 88.7 Å². The molecule has 0 amide bonds. The molecule has 0 bridgehead atoms. The number of hydrogen-bond donors (Lipinski definition) is 1. The van der Waals surface area contributed by atoms with Gasteiger partial charge in [0.1, 0.15) is 5.82 Å². The molecule has 0 aliphatic heterocycles. The van der Waals surface area contributed by atoms with E-state index in [0.29, 0.717) is 5.56 Å². The predicted octanol–water partition coefficient (Wildman–Crippen LogP) is 4.33. The SMILES string of the molecule is Cc1ccc(-c2c(F)ccc(CC(=O)c3cccc(S(C)(=O)=O)c3)c2C(=O)O)cc1. The summed E-state index contributed by atoms with van der Waals surface area (Å²) in [5.74, 6) is -2.52. The van der Waals surface area contributed by atoms with Crippen LogP contribution < -0.4 is 0 Å². The summed E-state index contributed by atoms with van der Waals surface area (Å²) in [4.78, 5) is 24.7. The van der Waals surface area contributed by atoms with Gasteiger partial charge in [-0.2, -0.15) is 0 Å². The normalized spacial score (nSPS) is 11.3. The molecule has 0 radical (unpaired) electrons. The Bertz CT molecular complexity index is 1250. The highest BCUT2D eigenvalue weighted by Gasteiger charge is 2.23. The Balaban J connectivity index is 2.07. The van der Waals surface area contributed by atoms with Gasteiger partial charge in [0.15, 0.2) is 15.6 Å². The van der Waals surface area contributed by atoms with Crippen molar-refractivity contribution in [2.75, 3.05) is 6.26 Å². The molecule has 1 N–H and O–H groups in total. The largest absolute Gasteiger partial charge is 0.478 e. The predicted molar refractivity (Wildman–Crippen MR) is 111 cm³/mol. The van der Waals surface area contributed by atoms with Crippen LogP contribution in [0.15, 0.2) is 65.6 Å². The van der Waals surface area contributed by atoms with E-state index in [2.05, 4.69) is 0 Å². The maximum absolute atomic E-state index is 14.6. The summed E-state index contributed by atoms with van der Waals surface area (Å²) in [6.45, 7) is 1.86. The molecular formula is C23H19FO5S. The van der Waals surface area contributed by atoms with E-state index in [1.807, 2.05) is 6.92 Å². The summed E-state index contributed by atoms with van der Waals surface area (Å²) in [5.41, 5.74) is 1.24. The fraction of sp³-hybridized carbons (Fsp3) is 0.130. The van der Waals surface area contributed by atoms with E-state index in [1.54, 1.807) is 24.3 Å². The summed E-state index contributed by atoms with van der Waals surface area (Å²) in [7, 11) is -3.50. The van der Waals surface area contributed by atoms with Gasteiger partial charge in [0, 0.05) is 23.8 Å². The van der Waals surface area contributed by atoms with Crippen LogP contribution in [0.4, 0.5) is 4.39 Å². The van der Waals surface area contributed by atoms with E-state index in [4.69, 9.17) is 0 Å². The molecule has 5 nitrogen and oxygen atoms in total. The molecule has 0 aliphatic rings. The second-order valence-corrected chi connectivity index (χ2v) is 9.04. The standard InChI is InChI=1S/C23H19FO5S/c1-14-6-8-15(9-7-14)21-19(24)11-10-17(22(21)23(26)27)13-20(25)16-4-3-5-18(12-16)30(2,28)29/h3-12H,13H2,1-2H3,(H,26,27).